The van der Waals surface area contributed by atoms with Gasteiger partial charge in [0, 0.05) is 0 Å². The Kier molecular flexibility index (Phi) is 37.2. The summed E-state index contributed by atoms with van der Waals surface area (Å²) in [5.41, 5.74) is 39.2. The molecule has 0 saturated carbocycles. The fourth-order valence-corrected chi connectivity index (χ4v) is 58.1. The molecule has 0 aliphatic heterocycles. The van der Waals surface area contributed by atoms with Crippen LogP contribution in [0.5, 0.6) is 0 Å². The van der Waals surface area contributed by atoms with E-state index in [-0.39, 0.29) is 0 Å². The highest BCUT2D eigenvalue weighted by Crippen LogP contribution is 2.42. The quantitative estimate of drug-likeness (QED) is 0.0169. The minimum absolute atomic E-state index is 0.512. The van der Waals surface area contributed by atoms with E-state index >= 15 is 0 Å². The number of nitrogens with zero attached hydrogens (tertiary/aromatic N) is 6. The van der Waals surface area contributed by atoms with E-state index in [0.717, 1.165) is 175 Å². The summed E-state index contributed by atoms with van der Waals surface area (Å²) in [4.78, 5) is 37.3. The Balaban J connectivity index is 1.98. The van der Waals surface area contributed by atoms with Crippen LogP contribution in [0.2, 0.25) is 109 Å². The Bertz CT molecular complexity index is 4030. The Hall–Kier alpha value is -5.66. The van der Waals surface area contributed by atoms with E-state index in [1.165, 1.54) is 0 Å². The predicted molar refractivity (Wildman–Crippen MR) is 548 cm³/mol. The second-order valence-electron chi connectivity index (χ2n) is 46.3. The van der Waals surface area contributed by atoms with Gasteiger partial charge in [0.05, 0.1) is 33.4 Å². The van der Waals surface area contributed by atoms with E-state index in [1.54, 1.807) is 0 Å². The highest BCUT2D eigenvalue weighted by Gasteiger charge is 2.41. The Morgan fingerprint density at radius 2 is 0.233 bits per heavy atom. The second kappa shape index (κ2) is 44.0. The molecule has 0 atom stereocenters. The number of benzene rings is 4. The minimum Gasteiger partial charge on any atom is -0.241 e. The van der Waals surface area contributed by atoms with Crippen molar-refractivity contribution in [2.75, 3.05) is 0 Å². The van der Waals surface area contributed by atoms with Crippen molar-refractivity contribution in [1.82, 2.24) is 29.9 Å². The van der Waals surface area contributed by atoms with Crippen molar-refractivity contribution in [3.63, 3.8) is 0 Å². The first-order chi connectivity index (χ1) is 55.9. The average Bonchev–Trinajstić information content (AvgIpc) is 0.708. The van der Waals surface area contributed by atoms with E-state index in [2.05, 4.69) is 354 Å². The molecule has 0 saturated heterocycles. The first-order valence-corrected chi connectivity index (χ1v) is 63.9. The summed E-state index contributed by atoms with van der Waals surface area (Å²) in [6.07, 6.45) is 0. The molecule has 0 aliphatic rings. The summed E-state index contributed by atoms with van der Waals surface area (Å²) >= 11 is 0. The second-order valence-corrected chi connectivity index (χ2v) is 70.5. The van der Waals surface area contributed by atoms with E-state index in [0.29, 0.717) is 140 Å². The Morgan fingerprint density at radius 1 is 0.150 bits per heavy atom. The summed E-state index contributed by atoms with van der Waals surface area (Å²) in [5, 5.41) is 0. The summed E-state index contributed by atoms with van der Waals surface area (Å²) in [6.45, 7) is 86.5. The molecule has 0 unspecified atom stereocenters. The first-order valence-electron chi connectivity index (χ1n) is 48.2. The van der Waals surface area contributed by atoms with Crippen molar-refractivity contribution in [2.24, 2.45) is 107 Å². The van der Waals surface area contributed by atoms with E-state index in [4.69, 9.17) is 29.9 Å². The topological polar surface area (TPSA) is 77.3 Å². The lowest BCUT2D eigenvalue weighted by molar-refractivity contribution is 0.650. The molecular weight excluding hydrogens is 1550 g/mol. The zero-order chi connectivity index (χ0) is 89.5. The molecule has 0 spiro atoms. The fourth-order valence-electron chi connectivity index (χ4n) is 22.7. The number of hydrogen-bond acceptors (Lipinski definition) is 6. The Labute approximate surface area is 742 Å². The molecule has 12 heteroatoms. The monoisotopic (exact) mass is 1720 g/mol. The van der Waals surface area contributed by atoms with Gasteiger partial charge in [-0.05, 0) is 252 Å². The van der Waals surface area contributed by atoms with Crippen molar-refractivity contribution in [2.45, 2.75) is 358 Å². The van der Waals surface area contributed by atoms with Crippen LogP contribution in [0.3, 0.4) is 0 Å². The molecule has 0 amide bonds. The lowest BCUT2D eigenvalue weighted by atomic mass is 10.0. The molecule has 7 aromatic rings. The van der Waals surface area contributed by atoms with Crippen LogP contribution in [0.4, 0.5) is 0 Å². The van der Waals surface area contributed by atoms with Gasteiger partial charge in [0.2, 0.25) is 0 Å². The maximum absolute atomic E-state index is 6.21. The van der Waals surface area contributed by atoms with Gasteiger partial charge in [-0.3, -0.25) is 0 Å². The van der Waals surface area contributed by atoms with Crippen LogP contribution in [-0.4, -0.2) is 78.3 Å². The van der Waals surface area contributed by atoms with Crippen molar-refractivity contribution >= 4 is 115 Å². The van der Waals surface area contributed by atoms with Gasteiger partial charge >= 0.3 is 0 Å². The van der Waals surface area contributed by atoms with Gasteiger partial charge < -0.3 is 0 Å². The van der Waals surface area contributed by atoms with Gasteiger partial charge in [0.1, 0.15) is 115 Å². The number of fused-ring (bicyclic) bond motifs is 9. The van der Waals surface area contributed by atoms with Crippen LogP contribution in [0.1, 0.15) is 283 Å². The molecule has 6 nitrogen and oxygen atoms in total. The van der Waals surface area contributed by atoms with Crippen LogP contribution in [0.25, 0.3) is 66.2 Å². The first kappa shape index (κ1) is 101. The Morgan fingerprint density at radius 3 is 0.308 bits per heavy atom. The summed E-state index contributed by atoms with van der Waals surface area (Å²) in [7, 11) is -13.5. The van der Waals surface area contributed by atoms with Crippen LogP contribution < -0.4 is 0 Å². The van der Waals surface area contributed by atoms with E-state index < -0.39 is 48.4 Å². The van der Waals surface area contributed by atoms with Gasteiger partial charge in [0.25, 0.3) is 0 Å². The van der Waals surface area contributed by atoms with Crippen LogP contribution in [-0.2, 0) is 0 Å². The summed E-state index contributed by atoms with van der Waals surface area (Å²) < 4.78 is 0. The number of hydrogen-bond donors (Lipinski definition) is 0. The molecule has 654 valence electrons. The zero-order valence-corrected chi connectivity index (χ0v) is 89.3. The fraction of sp³-hybridized carbons (Fsp3) is 0.667. The highest BCUT2D eigenvalue weighted by molar-refractivity contribution is 6.90. The molecule has 0 bridgehead atoms. The predicted octanol–water partition coefficient (Wildman–Crippen LogP) is 30.8. The van der Waals surface area contributed by atoms with Gasteiger partial charge in [-0.2, -0.15) is 0 Å². The third kappa shape index (κ3) is 28.9. The maximum Gasteiger partial charge on any atom is 0.139 e. The molecule has 0 radical (unpaired) electrons. The molecule has 120 heavy (non-hydrogen) atoms. The number of aromatic nitrogens is 6. The third-order valence-electron chi connectivity index (χ3n) is 23.3. The summed E-state index contributed by atoms with van der Waals surface area (Å²) in [6, 6.07) is 34.1. The van der Waals surface area contributed by atoms with Crippen molar-refractivity contribution < 1.29 is 0 Å². The van der Waals surface area contributed by atoms with Crippen LogP contribution in [0, 0.1) is 175 Å². The SMILES string of the molecule is CC(C)C[Si](C#Cc1ccc(C#C[Si](CC(C)C)(CC(C)C)CC(C)C)c2nc3c(nc12)c1nc2c(C#C[Si](CC(C)C)(CC(C)C)CC(C)C)ccc(C#C[Si](CC(C)C)(CC(C)C)CC(C)C)c2nc1c1nc2c(C#C[Si](CC(C)C)(CC(C)C)CC(C)C)ccc(C#C[Si](CC(C)C)(CC(C)C)CC(C)C)c2nc31)(CC(C)C)CC(C)C. The molecule has 0 aliphatic carbocycles. The smallest absolute Gasteiger partial charge is 0.139 e. The van der Waals surface area contributed by atoms with Gasteiger partial charge in [-0.25, -0.2) is 29.9 Å². The molecule has 7 rings (SSSR count). The van der Waals surface area contributed by atoms with Gasteiger partial charge in [-0.1, -0.05) is 285 Å². The largest absolute Gasteiger partial charge is 0.241 e. The molecule has 3 aromatic heterocycles. The minimum atomic E-state index is -2.25. The third-order valence-corrected chi connectivity index (χ3v) is 56.0. The van der Waals surface area contributed by atoms with Crippen LogP contribution >= 0.6 is 0 Å². The van der Waals surface area contributed by atoms with Crippen molar-refractivity contribution in [3.8, 4) is 68.8 Å². The van der Waals surface area contributed by atoms with E-state index in [1.807, 2.05) is 0 Å². The van der Waals surface area contributed by atoms with Crippen molar-refractivity contribution in [1.29, 1.82) is 0 Å². The summed E-state index contributed by atoms with van der Waals surface area (Å²) in [5.74, 6) is 33.6. The lowest BCUT2D eigenvalue weighted by Gasteiger charge is -2.31. The molecule has 0 fully saturated rings. The highest BCUT2D eigenvalue weighted by atomic mass is 28.3. The standard InChI is InChI=1S/C108H168N6Si6/c1-73(2)55-115(56-74(3)4,57-75(5)6)49-43-91-37-38-92(44-50-116(58-76(7)8,59-77(9)10)60-78(11)12)98-97(91)109-103-104(110-98)106-108(114-102-96(48-54-120(70-88(31)32,71-89(33)34)72-90(35)36)42-41-95(101(102)112-106)47-53-119(67-85(25)26,68-86(27)28)69-87(29)30)107-105(103)111-99-93(45-51-117(61-79(13)14,62-80(15)16)63-81(17)18)39-40-94(100(99)113-107)46-52-118(64-82(19)20,65-83(21)22)66-84(23)24/h37-42,73-90H,55-72H2,1-36H3. The maximum atomic E-state index is 6.21. The molecular formula is C108H168N6Si6. The van der Waals surface area contributed by atoms with Crippen molar-refractivity contribution in [3.05, 3.63) is 69.8 Å². The number of rotatable bonds is 36. The molecule has 3 heterocycles. The van der Waals surface area contributed by atoms with Gasteiger partial charge in [0.15, 0.2) is 0 Å². The lowest BCUT2D eigenvalue weighted by Crippen LogP contribution is -2.37. The molecule has 4 aromatic carbocycles. The zero-order valence-electron chi connectivity index (χ0n) is 83.3. The van der Waals surface area contributed by atoms with Crippen LogP contribution in [0.15, 0.2) is 36.4 Å². The molecule has 0 N–H and O–H groups in total. The van der Waals surface area contributed by atoms with Gasteiger partial charge in [-0.15, -0.1) is 33.3 Å². The normalized spacial score (nSPS) is 13.1. The van der Waals surface area contributed by atoms with E-state index in [9.17, 15) is 0 Å². The average molecular weight is 1720 g/mol.